The predicted molar refractivity (Wildman–Crippen MR) is 183 cm³/mol. The van der Waals surface area contributed by atoms with Crippen LogP contribution < -0.4 is 0 Å². The molecule has 0 saturated heterocycles. The first-order valence-electron chi connectivity index (χ1n) is 16.2. The molecule has 0 aliphatic heterocycles. The van der Waals surface area contributed by atoms with Crippen LogP contribution in [0.3, 0.4) is 0 Å². The summed E-state index contributed by atoms with van der Waals surface area (Å²) in [6.45, 7) is 0. The van der Waals surface area contributed by atoms with Gasteiger partial charge in [-0.1, -0.05) is 24.3 Å². The number of rotatable bonds is 3. The average Bonchev–Trinajstić information content (AvgIpc) is 3.64. The minimum absolute atomic E-state index is 0.0753. The number of hydrogen-bond acceptors (Lipinski definition) is 2. The first-order chi connectivity index (χ1) is 26.3. The molecule has 3 aromatic heterocycles. The number of pyridine rings is 1. The second-order valence-electron chi connectivity index (χ2n) is 12.8. The topological polar surface area (TPSA) is 46.5 Å². The summed E-state index contributed by atoms with van der Waals surface area (Å²) in [6.07, 6.45) is -17.1. The first-order valence-corrected chi connectivity index (χ1v) is 16.2. The van der Waals surface area contributed by atoms with Crippen molar-refractivity contribution < 1.29 is 52.7 Å². The van der Waals surface area contributed by atoms with Crippen molar-refractivity contribution >= 4 is 43.6 Å². The van der Waals surface area contributed by atoms with E-state index in [0.29, 0.717) is 24.3 Å². The average molecular weight is 783 g/mol. The van der Waals surface area contributed by atoms with Crippen molar-refractivity contribution in [1.82, 2.24) is 14.1 Å². The van der Waals surface area contributed by atoms with Crippen LogP contribution in [0.15, 0.2) is 109 Å². The van der Waals surface area contributed by atoms with E-state index < -0.39 is 47.0 Å². The number of benzene rings is 5. The van der Waals surface area contributed by atoms with Gasteiger partial charge in [0, 0.05) is 39.5 Å². The zero-order valence-electron chi connectivity index (χ0n) is 27.7. The smallest absolute Gasteiger partial charge is 0.308 e. The third kappa shape index (κ3) is 5.94. The van der Waals surface area contributed by atoms with Gasteiger partial charge in [-0.15, -0.1) is 0 Å². The molecule has 282 valence electrons. The number of nitriles is 1. The van der Waals surface area contributed by atoms with Gasteiger partial charge in [0.2, 0.25) is 0 Å². The molecule has 0 radical (unpaired) electrons. The molecule has 0 amide bonds. The molecule has 16 heteroatoms. The summed E-state index contributed by atoms with van der Waals surface area (Å²) in [5.74, 6) is 0. The van der Waals surface area contributed by atoms with Crippen molar-refractivity contribution in [2.45, 2.75) is 24.7 Å². The van der Waals surface area contributed by atoms with Crippen molar-refractivity contribution in [3.8, 4) is 28.6 Å². The Morgan fingerprint density at radius 1 is 0.429 bits per heavy atom. The molecule has 8 aromatic rings. The summed E-state index contributed by atoms with van der Waals surface area (Å²) >= 11 is 0. The molecule has 0 fully saturated rings. The van der Waals surface area contributed by atoms with Crippen LogP contribution in [-0.4, -0.2) is 14.1 Å². The van der Waals surface area contributed by atoms with E-state index in [2.05, 4.69) is 4.98 Å². The molecule has 0 spiro atoms. The molecule has 0 bridgehead atoms. The van der Waals surface area contributed by atoms with E-state index in [1.165, 1.54) is 36.7 Å². The lowest BCUT2D eigenvalue weighted by Crippen LogP contribution is -2.09. The van der Waals surface area contributed by atoms with E-state index in [1.54, 1.807) is 0 Å². The Balaban J connectivity index is 1.62. The van der Waals surface area contributed by atoms with Crippen LogP contribution in [0.4, 0.5) is 52.7 Å². The van der Waals surface area contributed by atoms with Crippen molar-refractivity contribution in [2.24, 2.45) is 0 Å². The molecule has 0 saturated carbocycles. The number of halogens is 12. The summed E-state index contributed by atoms with van der Waals surface area (Å²) in [6, 6.07) is 17.2. The van der Waals surface area contributed by atoms with Crippen LogP contribution in [-0.2, 0) is 24.7 Å². The van der Waals surface area contributed by atoms with Crippen LogP contribution in [0.1, 0.15) is 27.8 Å². The summed E-state index contributed by atoms with van der Waals surface area (Å²) in [4.78, 5) is 3.98. The molecule has 56 heavy (non-hydrogen) atoms. The van der Waals surface area contributed by atoms with Gasteiger partial charge >= 0.3 is 24.7 Å². The maximum absolute atomic E-state index is 14.2. The molecule has 5 aromatic carbocycles. The molecule has 4 nitrogen and oxygen atoms in total. The maximum atomic E-state index is 14.2. The molecule has 0 aliphatic rings. The Labute approximate surface area is 306 Å². The van der Waals surface area contributed by atoms with Crippen molar-refractivity contribution in [3.63, 3.8) is 0 Å². The minimum atomic E-state index is -4.92. The highest BCUT2D eigenvalue weighted by Gasteiger charge is 2.36. The van der Waals surface area contributed by atoms with Crippen LogP contribution in [0, 0.1) is 11.3 Å². The van der Waals surface area contributed by atoms with Gasteiger partial charge in [0.25, 0.3) is 0 Å². The van der Waals surface area contributed by atoms with Crippen molar-refractivity contribution in [3.05, 3.63) is 137 Å². The van der Waals surface area contributed by atoms with E-state index in [-0.39, 0.29) is 71.7 Å². The van der Waals surface area contributed by atoms with Crippen LogP contribution in [0.5, 0.6) is 0 Å². The zero-order valence-corrected chi connectivity index (χ0v) is 27.7. The lowest BCUT2D eigenvalue weighted by atomic mass is 9.98. The monoisotopic (exact) mass is 782 g/mol. The fourth-order valence-electron chi connectivity index (χ4n) is 7.10. The van der Waals surface area contributed by atoms with Crippen molar-refractivity contribution in [2.75, 3.05) is 0 Å². The largest absolute Gasteiger partial charge is 0.416 e. The van der Waals surface area contributed by atoms with Gasteiger partial charge in [0.05, 0.1) is 67.3 Å². The molecule has 3 heterocycles. The molecular formula is C40H18F12N4. The number of hydrogen-bond donors (Lipinski definition) is 0. The number of fused-ring (bicyclic) bond motifs is 6. The highest BCUT2D eigenvalue weighted by Crippen LogP contribution is 2.46. The van der Waals surface area contributed by atoms with E-state index in [0.717, 1.165) is 57.7 Å². The van der Waals surface area contributed by atoms with Crippen LogP contribution in [0.2, 0.25) is 0 Å². The lowest BCUT2D eigenvalue weighted by Gasteiger charge is -2.21. The van der Waals surface area contributed by atoms with Gasteiger partial charge in [-0.2, -0.15) is 57.9 Å². The molecule has 0 unspecified atom stereocenters. The van der Waals surface area contributed by atoms with E-state index in [4.69, 9.17) is 0 Å². The molecular weight excluding hydrogens is 764 g/mol. The van der Waals surface area contributed by atoms with E-state index >= 15 is 0 Å². The highest BCUT2D eigenvalue weighted by atomic mass is 19.4. The second kappa shape index (κ2) is 12.3. The Morgan fingerprint density at radius 2 is 0.732 bits per heavy atom. The van der Waals surface area contributed by atoms with E-state index in [1.807, 2.05) is 6.07 Å². The standard InChI is InChI=1S/C40H18F12N4/c41-37(42,43)22-1-5-26-27-6-2-23(38(44,45)46)16-31(27)55(30(26)15-22)34-13-20(19-53)14-35(36(34)21-9-11-54-12-10-21)56-32-17-24(39(47,48)49)3-7-28(32)29-8-4-25(18-33(29)56)40(50,51)52/h1-18H. The van der Waals surface area contributed by atoms with Gasteiger partial charge < -0.3 is 9.13 Å². The van der Waals surface area contributed by atoms with Gasteiger partial charge in [-0.25, -0.2) is 0 Å². The van der Waals surface area contributed by atoms with E-state index in [9.17, 15) is 57.9 Å². The molecule has 0 atom stereocenters. The number of nitrogens with zero attached hydrogens (tertiary/aromatic N) is 4. The fourth-order valence-corrected chi connectivity index (χ4v) is 7.10. The highest BCUT2D eigenvalue weighted by molar-refractivity contribution is 6.12. The number of alkyl halides is 12. The Hall–Kier alpha value is -6.50. The molecule has 0 N–H and O–H groups in total. The molecule has 0 aliphatic carbocycles. The summed E-state index contributed by atoms with van der Waals surface area (Å²) in [5, 5.41) is 10.6. The van der Waals surface area contributed by atoms with Gasteiger partial charge in [0.15, 0.2) is 0 Å². The van der Waals surface area contributed by atoms with Crippen molar-refractivity contribution in [1.29, 1.82) is 5.26 Å². The Bertz CT molecular complexity index is 2610. The second-order valence-corrected chi connectivity index (χ2v) is 12.8. The number of aromatic nitrogens is 3. The Morgan fingerprint density at radius 3 is 1.00 bits per heavy atom. The van der Waals surface area contributed by atoms with Gasteiger partial charge in [0.1, 0.15) is 0 Å². The lowest BCUT2D eigenvalue weighted by molar-refractivity contribution is -0.138. The molecule has 8 rings (SSSR count). The third-order valence-electron chi connectivity index (χ3n) is 9.52. The normalized spacial score (nSPS) is 13.0. The quantitative estimate of drug-likeness (QED) is 0.168. The third-order valence-corrected chi connectivity index (χ3v) is 9.52. The van der Waals surface area contributed by atoms with Crippen LogP contribution >= 0.6 is 0 Å². The zero-order chi connectivity index (χ0) is 40.1. The van der Waals surface area contributed by atoms with Crippen LogP contribution in [0.25, 0.3) is 66.1 Å². The van der Waals surface area contributed by atoms with Gasteiger partial charge in [-0.3, -0.25) is 4.98 Å². The fraction of sp³-hybridized carbons (Fsp3) is 0.100. The summed E-state index contributed by atoms with van der Waals surface area (Å²) in [7, 11) is 0. The van der Waals surface area contributed by atoms with Gasteiger partial charge in [-0.05, 0) is 78.4 Å². The Kier molecular flexibility index (Phi) is 7.98. The first kappa shape index (κ1) is 36.5. The predicted octanol–water partition coefficient (Wildman–Crippen LogP) is 12.9. The minimum Gasteiger partial charge on any atom is -0.308 e. The maximum Gasteiger partial charge on any atom is 0.416 e. The summed E-state index contributed by atoms with van der Waals surface area (Å²) < 4.78 is 173. The summed E-state index contributed by atoms with van der Waals surface area (Å²) in [5.41, 5.74) is -6.35. The SMILES string of the molecule is N#Cc1cc(-n2c3cc(C(F)(F)F)ccc3c3ccc(C(F)(F)F)cc32)c(-c2ccncc2)c(-n2c3cc(C(F)(F)F)ccc3c3ccc(C(F)(F)F)cc32)c1.